The van der Waals surface area contributed by atoms with Crippen LogP contribution in [-0.2, 0) is 68.8 Å². The van der Waals surface area contributed by atoms with E-state index in [0.29, 0.717) is 40.7 Å². The van der Waals surface area contributed by atoms with Crippen LogP contribution in [0, 0.1) is 0 Å². The average molecular weight is 1260 g/mol. The Balaban J connectivity index is 1.31. The first-order valence-corrected chi connectivity index (χ1v) is 31.8. The zero-order chi connectivity index (χ0) is 64.0. The van der Waals surface area contributed by atoms with E-state index < -0.39 is 120 Å². The molecule has 1 aliphatic heterocycles. The van der Waals surface area contributed by atoms with Gasteiger partial charge in [-0.2, -0.15) is 0 Å². The third-order valence-corrected chi connectivity index (χ3v) is 17.5. The van der Waals surface area contributed by atoms with Crippen LogP contribution in [0.2, 0.25) is 0 Å². The SMILES string of the molecule is C[C@@H](O)[C@@H]1NC(=O)[C@H](CCCCN)NC(=O)[C@H]([C@@H](C)c2c[nH]c3ccccc23)NC(=O)[C@H](Cc2ccccc2)NC(=O)[C@H](Cc2ccccc2)NC(=O)[C@@H](NC(=O)[C@@H](N)Cc2ccc(O)cc2)CSSC[C@@H](C(=O)O)NC(=O)[C@H](Cc2ccccc2)NC1=O. The molecule has 1 fully saturated rings. The molecule has 5 aromatic carbocycles. The number of amides is 8. The van der Waals surface area contributed by atoms with E-state index >= 15 is 14.4 Å². The van der Waals surface area contributed by atoms with Crippen molar-refractivity contribution in [1.29, 1.82) is 0 Å². The lowest BCUT2D eigenvalue weighted by Gasteiger charge is -2.30. The minimum absolute atomic E-state index is 0.00814. The fourth-order valence-electron chi connectivity index (χ4n) is 10.1. The van der Waals surface area contributed by atoms with E-state index in [9.17, 15) is 44.1 Å². The molecule has 1 aliphatic rings. The Morgan fingerprint density at radius 1 is 0.562 bits per heavy atom. The summed E-state index contributed by atoms with van der Waals surface area (Å²) >= 11 is 0. The molecule has 0 aliphatic carbocycles. The highest BCUT2D eigenvalue weighted by atomic mass is 33.1. The van der Waals surface area contributed by atoms with Crippen LogP contribution in [0.3, 0.4) is 0 Å². The van der Waals surface area contributed by atoms with Gasteiger partial charge in [0.15, 0.2) is 0 Å². The Kier molecular flexibility index (Phi) is 25.5. The molecular formula is C64H77N11O12S2. The number of rotatable bonds is 18. The number of fused-ring (bicyclic) bond motifs is 1. The fraction of sp³-hybridized carbons (Fsp3) is 0.359. The molecule has 472 valence electrons. The number of H-pyrrole nitrogens is 1. The molecule has 0 bridgehead atoms. The summed E-state index contributed by atoms with van der Waals surface area (Å²) in [5.41, 5.74) is 16.0. The summed E-state index contributed by atoms with van der Waals surface area (Å²) in [6.07, 6.45) is 0.342. The van der Waals surface area contributed by atoms with E-state index in [1.807, 2.05) is 24.3 Å². The number of carbonyl (C=O) groups excluding carboxylic acids is 8. The Labute approximate surface area is 523 Å². The number of aromatic amines is 1. The second kappa shape index (κ2) is 33.6. The first-order valence-electron chi connectivity index (χ1n) is 29.3. The van der Waals surface area contributed by atoms with Crippen LogP contribution in [0.25, 0.3) is 10.9 Å². The normalized spacial score (nSPS) is 22.6. The summed E-state index contributed by atoms with van der Waals surface area (Å²) in [6.45, 7) is 3.17. The molecule has 0 radical (unpaired) electrons. The Morgan fingerprint density at radius 3 is 1.60 bits per heavy atom. The van der Waals surface area contributed by atoms with E-state index in [2.05, 4.69) is 47.5 Å². The zero-order valence-corrected chi connectivity index (χ0v) is 50.9. The minimum Gasteiger partial charge on any atom is -0.508 e. The van der Waals surface area contributed by atoms with Gasteiger partial charge in [-0.25, -0.2) is 4.79 Å². The molecule has 0 unspecified atom stereocenters. The molecule has 6 aromatic rings. The molecule has 16 N–H and O–H groups in total. The lowest BCUT2D eigenvalue weighted by molar-refractivity contribution is -0.141. The van der Waals surface area contributed by atoms with Crippen molar-refractivity contribution in [3.8, 4) is 5.75 Å². The summed E-state index contributed by atoms with van der Waals surface area (Å²) in [7, 11) is 1.89. The van der Waals surface area contributed by atoms with Crippen molar-refractivity contribution < 1.29 is 58.5 Å². The van der Waals surface area contributed by atoms with Gasteiger partial charge in [0.05, 0.1) is 12.1 Å². The minimum atomic E-state index is -1.75. The second-order valence-corrected chi connectivity index (χ2v) is 24.4. The number of aliphatic carboxylic acids is 1. The van der Waals surface area contributed by atoms with Crippen LogP contribution >= 0.6 is 21.6 Å². The highest BCUT2D eigenvalue weighted by molar-refractivity contribution is 8.76. The lowest BCUT2D eigenvalue weighted by Crippen LogP contribution is -2.62. The number of carbonyl (C=O) groups is 9. The average Bonchev–Trinajstić information content (AvgIpc) is 2.71. The molecule has 0 spiro atoms. The molecule has 89 heavy (non-hydrogen) atoms. The van der Waals surface area contributed by atoms with Crippen LogP contribution in [0.15, 0.2) is 146 Å². The summed E-state index contributed by atoms with van der Waals surface area (Å²) in [5, 5.41) is 53.9. The first-order chi connectivity index (χ1) is 42.8. The summed E-state index contributed by atoms with van der Waals surface area (Å²) < 4.78 is 0. The van der Waals surface area contributed by atoms with Crippen molar-refractivity contribution in [2.75, 3.05) is 18.1 Å². The van der Waals surface area contributed by atoms with Gasteiger partial charge in [-0.15, -0.1) is 0 Å². The van der Waals surface area contributed by atoms with Crippen LogP contribution in [0.5, 0.6) is 5.75 Å². The van der Waals surface area contributed by atoms with Crippen LogP contribution in [0.1, 0.15) is 66.8 Å². The number of nitrogens with two attached hydrogens (primary N) is 2. The molecule has 7 rings (SSSR count). The van der Waals surface area contributed by atoms with Crippen molar-refractivity contribution >= 4 is 85.7 Å². The number of benzene rings is 5. The monoisotopic (exact) mass is 1260 g/mol. The van der Waals surface area contributed by atoms with Gasteiger partial charge in [0.1, 0.15) is 54.1 Å². The number of aromatic hydroxyl groups is 1. The van der Waals surface area contributed by atoms with E-state index in [1.54, 1.807) is 116 Å². The van der Waals surface area contributed by atoms with Gasteiger partial charge in [-0.1, -0.05) is 150 Å². The maximum atomic E-state index is 15.3. The van der Waals surface area contributed by atoms with Gasteiger partial charge in [0, 0.05) is 53.8 Å². The number of phenols is 1. The number of carboxylic acids is 1. The number of unbranched alkanes of at least 4 members (excludes halogenated alkanes) is 1. The van der Waals surface area contributed by atoms with Crippen molar-refractivity contribution in [3.63, 3.8) is 0 Å². The summed E-state index contributed by atoms with van der Waals surface area (Å²) in [4.78, 5) is 134. The van der Waals surface area contributed by atoms with Gasteiger partial charge in [-0.3, -0.25) is 38.4 Å². The highest BCUT2D eigenvalue weighted by Gasteiger charge is 2.39. The molecule has 2 heterocycles. The molecule has 8 amide bonds. The van der Waals surface area contributed by atoms with Gasteiger partial charge < -0.3 is 74.3 Å². The Hall–Kier alpha value is -8.75. The maximum absolute atomic E-state index is 15.3. The predicted molar refractivity (Wildman–Crippen MR) is 340 cm³/mol. The molecule has 1 aromatic heterocycles. The molecule has 1 saturated heterocycles. The van der Waals surface area contributed by atoms with Crippen molar-refractivity contribution in [2.24, 2.45) is 11.5 Å². The van der Waals surface area contributed by atoms with Crippen LogP contribution in [-0.4, -0.2) is 152 Å². The third kappa shape index (κ3) is 20.1. The zero-order valence-electron chi connectivity index (χ0n) is 49.3. The number of carboxylic acid groups (broad SMARTS) is 1. The van der Waals surface area contributed by atoms with Crippen molar-refractivity contribution in [2.45, 2.75) is 125 Å². The van der Waals surface area contributed by atoms with E-state index in [1.165, 1.54) is 19.1 Å². The molecule has 11 atom stereocenters. The smallest absolute Gasteiger partial charge is 0.327 e. The van der Waals surface area contributed by atoms with Gasteiger partial charge in [-0.05, 0) is 85.2 Å². The fourth-order valence-corrected chi connectivity index (χ4v) is 12.4. The van der Waals surface area contributed by atoms with E-state index in [-0.39, 0.29) is 55.9 Å². The van der Waals surface area contributed by atoms with Crippen LogP contribution < -0.4 is 54.0 Å². The van der Waals surface area contributed by atoms with Crippen molar-refractivity contribution in [1.82, 2.24) is 47.5 Å². The summed E-state index contributed by atoms with van der Waals surface area (Å²) in [6, 6.07) is 26.0. The summed E-state index contributed by atoms with van der Waals surface area (Å²) in [5.74, 6) is -9.92. The number of para-hydroxylation sites is 1. The Bertz CT molecular complexity index is 3360. The molecule has 25 heteroatoms. The predicted octanol–water partition coefficient (Wildman–Crippen LogP) is 2.14. The topological polar surface area (TPSA) is 378 Å². The third-order valence-electron chi connectivity index (χ3n) is 15.1. The van der Waals surface area contributed by atoms with Crippen LogP contribution in [0.4, 0.5) is 0 Å². The number of aliphatic hydroxyl groups excluding tert-OH is 1. The number of hydrogen-bond acceptors (Lipinski definition) is 15. The number of nitrogens with one attached hydrogen (secondary N) is 9. The van der Waals surface area contributed by atoms with Crippen molar-refractivity contribution in [3.05, 3.63) is 174 Å². The largest absolute Gasteiger partial charge is 0.508 e. The quantitative estimate of drug-likeness (QED) is 0.0433. The van der Waals surface area contributed by atoms with Gasteiger partial charge in [0.2, 0.25) is 47.3 Å². The number of hydrogen-bond donors (Lipinski definition) is 14. The Morgan fingerprint density at radius 2 is 1.03 bits per heavy atom. The second-order valence-electron chi connectivity index (χ2n) is 21.9. The molecule has 0 saturated carbocycles. The van der Waals surface area contributed by atoms with E-state index in [4.69, 9.17) is 11.5 Å². The van der Waals surface area contributed by atoms with E-state index in [0.717, 1.165) is 32.5 Å². The number of aliphatic hydroxyl groups is 1. The number of aromatic nitrogens is 1. The van der Waals surface area contributed by atoms with Gasteiger partial charge >= 0.3 is 5.97 Å². The highest BCUT2D eigenvalue weighted by Crippen LogP contribution is 2.29. The maximum Gasteiger partial charge on any atom is 0.327 e. The standard InChI is InChI=1S/C64H77N11O12S2/c1-37(45-34-67-47-23-13-12-22-44(45)47)54-62(84)68-48(24-14-15-29-65)57(79)75-55(38(2)76)63(85)71-50(32-40-18-8-4-9-19-40)59(81)73-53(64(86)87)36-89-88-35-52(72-56(78)46(66)30-42-25-27-43(77)28-26-42)61(83)70-49(31-39-16-6-3-7-17-39)58(80)69-51(60(82)74-54)33-41-20-10-5-11-21-41/h3-13,16-23,25-28,34,37-38,46,48-55,67,76-77H,14-15,24,29-33,35-36,65-66H2,1-2H3,(H,68,84)(H,69,80)(H,70,83)(H,71,85)(H,72,78)(H,73,81)(H,74,82)(H,75,79)(H,86,87)/t37-,38+,46-,48-,49-,50-,51-,52-,53-,54-,55-/m0/s1. The first kappa shape index (κ1) is 67.8. The number of phenolic OH excluding ortho intramolecular Hbond substituents is 1. The molecule has 23 nitrogen and oxygen atoms in total. The lowest BCUT2D eigenvalue weighted by atomic mass is 9.91. The van der Waals surface area contributed by atoms with Gasteiger partial charge in [0.25, 0.3) is 0 Å². The molecular weight excluding hydrogens is 1180 g/mol.